The van der Waals surface area contributed by atoms with Crippen molar-refractivity contribution in [2.45, 2.75) is 50.0 Å². The number of ether oxygens (including phenoxy) is 2. The third kappa shape index (κ3) is 5.05. The van der Waals surface area contributed by atoms with Gasteiger partial charge in [0, 0.05) is 10.4 Å². The lowest BCUT2D eigenvalue weighted by molar-refractivity contribution is -0.157. The molecule has 3 atom stereocenters. The lowest BCUT2D eigenvalue weighted by atomic mass is 10.1. The van der Waals surface area contributed by atoms with E-state index in [9.17, 15) is 26.4 Å². The Bertz CT molecular complexity index is 1230. The number of benzene rings is 2. The maximum atomic E-state index is 13.5. The fourth-order valence-corrected chi connectivity index (χ4v) is 5.81. The number of hydrogen-bond donors (Lipinski definition) is 0. The summed E-state index contributed by atoms with van der Waals surface area (Å²) in [5.41, 5.74) is -1.51. The van der Waals surface area contributed by atoms with E-state index in [0.717, 1.165) is 22.5 Å². The van der Waals surface area contributed by atoms with Crippen molar-refractivity contribution in [2.24, 2.45) is 11.8 Å². The molecule has 0 unspecified atom stereocenters. The van der Waals surface area contributed by atoms with E-state index < -0.39 is 44.3 Å². The van der Waals surface area contributed by atoms with Gasteiger partial charge in [0.05, 0.1) is 28.6 Å². The van der Waals surface area contributed by atoms with Gasteiger partial charge in [-0.3, -0.25) is 9.10 Å². The number of rotatable bonds is 4. The van der Waals surface area contributed by atoms with Crippen LogP contribution in [0.15, 0.2) is 51.8 Å². The number of carbonyl (C=O) groups is 1. The molecule has 1 aliphatic heterocycles. The van der Waals surface area contributed by atoms with Crippen molar-refractivity contribution < 1.29 is 35.9 Å². The smallest absolute Gasteiger partial charge is 0.416 e. The van der Waals surface area contributed by atoms with Gasteiger partial charge in [0.15, 0.2) is 0 Å². The molecule has 0 N–H and O–H groups in total. The van der Waals surface area contributed by atoms with E-state index in [-0.39, 0.29) is 29.9 Å². The van der Waals surface area contributed by atoms with Gasteiger partial charge in [-0.05, 0) is 63.6 Å². The minimum absolute atomic E-state index is 0.147. The van der Waals surface area contributed by atoms with Crippen LogP contribution in [0.4, 0.5) is 18.9 Å². The van der Waals surface area contributed by atoms with Crippen molar-refractivity contribution in [3.63, 3.8) is 0 Å². The van der Waals surface area contributed by atoms with Gasteiger partial charge in [-0.2, -0.15) is 13.2 Å². The molecule has 2 aromatic rings. The molecular weight excluding hydrogens is 539 g/mol. The number of alkyl halides is 3. The highest BCUT2D eigenvalue weighted by Gasteiger charge is 2.53. The van der Waals surface area contributed by atoms with E-state index in [2.05, 4.69) is 15.9 Å². The average Bonchev–Trinajstić information content (AvgIpc) is 3.52. The number of fused-ring (bicyclic) bond motifs is 1. The monoisotopic (exact) mass is 561 g/mol. The fourth-order valence-electron chi connectivity index (χ4n) is 3.93. The van der Waals surface area contributed by atoms with Gasteiger partial charge in [-0.25, -0.2) is 8.42 Å². The number of hydrogen-bond acceptors (Lipinski definition) is 5. The van der Waals surface area contributed by atoms with Crippen LogP contribution in [0.2, 0.25) is 0 Å². The molecule has 0 spiro atoms. The largest absolute Gasteiger partial charge is 0.486 e. The molecular formula is C23H23BrF3NO5S. The van der Waals surface area contributed by atoms with Crippen molar-refractivity contribution in [1.29, 1.82) is 0 Å². The number of sulfonamides is 1. The summed E-state index contributed by atoms with van der Waals surface area (Å²) in [6.45, 7) is 5.14. The zero-order valence-electron chi connectivity index (χ0n) is 18.6. The van der Waals surface area contributed by atoms with Crippen molar-refractivity contribution in [3.05, 3.63) is 52.5 Å². The molecule has 0 amide bonds. The summed E-state index contributed by atoms with van der Waals surface area (Å²) in [4.78, 5) is 12.0. The van der Waals surface area contributed by atoms with Gasteiger partial charge in [-0.1, -0.05) is 22.0 Å². The number of halogens is 4. The highest BCUT2D eigenvalue weighted by Crippen LogP contribution is 2.48. The molecule has 6 nitrogen and oxygen atoms in total. The first kappa shape index (κ1) is 24.8. The second-order valence-corrected chi connectivity index (χ2v) is 12.1. The number of esters is 1. The van der Waals surface area contributed by atoms with Crippen LogP contribution in [0.5, 0.6) is 5.75 Å². The highest BCUT2D eigenvalue weighted by molar-refractivity contribution is 9.10. The van der Waals surface area contributed by atoms with Crippen LogP contribution in [0.1, 0.15) is 32.8 Å². The SMILES string of the molecule is CC(C)(C)OC(=O)[C@H]1C[C@@H]1[C@H]1CN(S(=O)(=O)c2cccc(C(F)(F)F)c2)c2cc(Br)ccc2O1. The Balaban J connectivity index is 1.67. The Morgan fingerprint density at radius 2 is 1.85 bits per heavy atom. The molecule has 1 aliphatic carbocycles. The molecule has 2 aliphatic rings. The number of anilines is 1. The Hall–Kier alpha value is -2.27. The van der Waals surface area contributed by atoms with E-state index in [1.54, 1.807) is 32.9 Å². The normalized spacial score (nSPS) is 22.6. The van der Waals surface area contributed by atoms with Crippen molar-refractivity contribution >= 4 is 37.6 Å². The van der Waals surface area contributed by atoms with Gasteiger partial charge in [0.2, 0.25) is 0 Å². The third-order valence-corrected chi connectivity index (χ3v) is 7.86. The Morgan fingerprint density at radius 3 is 2.50 bits per heavy atom. The summed E-state index contributed by atoms with van der Waals surface area (Å²) in [5.74, 6) is -0.815. The van der Waals surface area contributed by atoms with E-state index in [4.69, 9.17) is 9.47 Å². The maximum Gasteiger partial charge on any atom is 0.416 e. The first-order valence-electron chi connectivity index (χ1n) is 10.6. The summed E-state index contributed by atoms with van der Waals surface area (Å²) < 4.78 is 79.8. The molecule has 0 radical (unpaired) electrons. The van der Waals surface area contributed by atoms with Gasteiger partial charge >= 0.3 is 12.1 Å². The van der Waals surface area contributed by atoms with E-state index >= 15 is 0 Å². The molecule has 1 saturated carbocycles. The second kappa shape index (κ2) is 8.44. The lowest BCUT2D eigenvalue weighted by Crippen LogP contribution is -2.45. The quantitative estimate of drug-likeness (QED) is 0.467. The van der Waals surface area contributed by atoms with Gasteiger partial charge in [0.1, 0.15) is 17.5 Å². The maximum absolute atomic E-state index is 13.5. The summed E-state index contributed by atoms with van der Waals surface area (Å²) in [5, 5.41) is 0. The van der Waals surface area contributed by atoms with Crippen LogP contribution >= 0.6 is 15.9 Å². The van der Waals surface area contributed by atoms with Crippen molar-refractivity contribution in [3.8, 4) is 5.75 Å². The highest BCUT2D eigenvalue weighted by atomic mass is 79.9. The molecule has 2 aromatic carbocycles. The summed E-state index contributed by atoms with van der Waals surface area (Å²) in [7, 11) is -4.36. The predicted molar refractivity (Wildman–Crippen MR) is 122 cm³/mol. The van der Waals surface area contributed by atoms with Crippen LogP contribution in [-0.4, -0.2) is 32.6 Å². The van der Waals surface area contributed by atoms with Gasteiger partial charge in [-0.15, -0.1) is 0 Å². The zero-order valence-corrected chi connectivity index (χ0v) is 21.0. The second-order valence-electron chi connectivity index (χ2n) is 9.37. The summed E-state index contributed by atoms with van der Waals surface area (Å²) in [6.07, 6.45) is -4.87. The Kier molecular flexibility index (Phi) is 6.17. The van der Waals surface area contributed by atoms with Crippen molar-refractivity contribution in [2.75, 3.05) is 10.8 Å². The molecule has 0 saturated heterocycles. The number of carbonyl (C=O) groups excluding carboxylic acids is 1. The van der Waals surface area contributed by atoms with E-state index in [1.807, 2.05) is 0 Å². The average molecular weight is 562 g/mol. The molecule has 11 heteroatoms. The van der Waals surface area contributed by atoms with Crippen molar-refractivity contribution in [1.82, 2.24) is 0 Å². The molecule has 34 heavy (non-hydrogen) atoms. The fraction of sp³-hybridized carbons (Fsp3) is 0.435. The molecule has 1 fully saturated rings. The Labute approximate surface area is 204 Å². The molecule has 4 rings (SSSR count). The molecule has 184 valence electrons. The Morgan fingerprint density at radius 1 is 1.15 bits per heavy atom. The first-order valence-corrected chi connectivity index (χ1v) is 12.8. The van der Waals surface area contributed by atoms with E-state index in [1.165, 1.54) is 6.07 Å². The van der Waals surface area contributed by atoms with E-state index in [0.29, 0.717) is 17.0 Å². The zero-order chi connectivity index (χ0) is 25.1. The minimum atomic E-state index is -4.69. The molecule has 0 aromatic heterocycles. The van der Waals surface area contributed by atoms with Crippen LogP contribution < -0.4 is 9.04 Å². The lowest BCUT2D eigenvalue weighted by Gasteiger charge is -2.36. The summed E-state index contributed by atoms with van der Waals surface area (Å²) >= 11 is 3.30. The minimum Gasteiger partial charge on any atom is -0.486 e. The van der Waals surface area contributed by atoms with Crippen LogP contribution in [-0.2, 0) is 25.7 Å². The third-order valence-electron chi connectivity index (χ3n) is 5.59. The molecule has 0 bridgehead atoms. The van der Waals surface area contributed by atoms with Crippen LogP contribution in [0.25, 0.3) is 0 Å². The standard InChI is InChI=1S/C23H23BrF3NO5S/c1-22(2,3)33-21(29)17-11-16(17)20-12-28(18-10-14(24)7-8-19(18)32-20)34(30,31)15-6-4-5-13(9-15)23(25,26)27/h4-10,16-17,20H,11-12H2,1-3H3/t16-,17-,20+/m0/s1. The first-order chi connectivity index (χ1) is 15.7. The van der Waals surface area contributed by atoms with Crippen LogP contribution in [0, 0.1) is 11.8 Å². The predicted octanol–water partition coefficient (Wildman–Crippen LogP) is 5.40. The summed E-state index contributed by atoms with van der Waals surface area (Å²) in [6, 6.07) is 8.44. The van der Waals surface area contributed by atoms with Gasteiger partial charge < -0.3 is 9.47 Å². The van der Waals surface area contributed by atoms with Gasteiger partial charge in [0.25, 0.3) is 10.0 Å². The molecule has 1 heterocycles. The topological polar surface area (TPSA) is 72.9 Å². The van der Waals surface area contributed by atoms with Crippen LogP contribution in [0.3, 0.4) is 0 Å². The number of nitrogens with zero attached hydrogens (tertiary/aromatic N) is 1.